The van der Waals surface area contributed by atoms with Crippen molar-refractivity contribution in [3.05, 3.63) is 339 Å². The quantitative estimate of drug-likeness (QED) is 0.0240. The van der Waals surface area contributed by atoms with Crippen LogP contribution >= 0.6 is 61.6 Å². The third-order valence-corrected chi connectivity index (χ3v) is 22.8. The summed E-state index contributed by atoms with van der Waals surface area (Å²) in [5.41, 5.74) is 8.06. The average molecular weight is 1960 g/mol. The van der Waals surface area contributed by atoms with Crippen molar-refractivity contribution in [3.63, 3.8) is 0 Å². The maximum Gasteiger partial charge on any atom is 0.569 e. The van der Waals surface area contributed by atoms with Crippen LogP contribution < -0.4 is 31.2 Å². The zero-order valence-corrected chi connectivity index (χ0v) is 73.1. The average Bonchev–Trinajstić information content (AvgIpc) is 1.17. The van der Waals surface area contributed by atoms with Gasteiger partial charge in [-0.3, -0.25) is 28.1 Å². The summed E-state index contributed by atoms with van der Waals surface area (Å²) < 4.78 is 275. The van der Waals surface area contributed by atoms with Gasteiger partial charge in [0.1, 0.15) is 52.6 Å². The fourth-order valence-corrected chi connectivity index (χ4v) is 16.3. The number of fused-ring (bicyclic) bond motifs is 3. The number of alkyl halides is 6. The van der Waals surface area contributed by atoms with Crippen LogP contribution in [-0.2, 0) is 53.7 Å². The predicted molar refractivity (Wildman–Crippen MR) is 452 cm³/mol. The molecule has 643 valence electrons. The van der Waals surface area contributed by atoms with Crippen LogP contribution in [0, 0.1) is 61.5 Å². The molecule has 22 nitrogen and oxygen atoms in total. The van der Waals surface area contributed by atoms with Crippen LogP contribution in [0.2, 0.25) is 0 Å². The molecular weight excluding hydrogens is 1890 g/mol. The van der Waals surface area contributed by atoms with E-state index in [9.17, 15) is 96.7 Å². The molecule has 3 N–H and O–H groups in total. The zero-order valence-electron chi connectivity index (χ0n) is 63.2. The van der Waals surface area contributed by atoms with Gasteiger partial charge >= 0.3 is 30.2 Å². The van der Waals surface area contributed by atoms with Crippen molar-refractivity contribution in [3.8, 4) is 39.7 Å². The Morgan fingerprint density at radius 2 is 0.813 bits per heavy atom. The van der Waals surface area contributed by atoms with Gasteiger partial charge < -0.3 is 33.2 Å². The molecule has 0 amide bonds. The summed E-state index contributed by atoms with van der Waals surface area (Å²) in [6.07, 6.45) is -5.31. The fourth-order valence-electron chi connectivity index (χ4n) is 11.8. The largest absolute Gasteiger partial charge is 0.569 e. The Kier molecular flexibility index (Phi) is 31.7. The monoisotopic (exact) mass is 1950 g/mol. The molecule has 15 rings (SSSR count). The molecule has 0 spiro atoms. The number of sulfone groups is 2. The molecule has 3 unspecified atom stereocenters. The summed E-state index contributed by atoms with van der Waals surface area (Å²) in [5, 5.41) is 20.1. The molecule has 0 aliphatic rings. The Morgan fingerprint density at radius 3 is 1.19 bits per heavy atom. The zero-order chi connectivity index (χ0) is 87.3. The minimum atomic E-state index is -5.03. The number of benzene rings is 9. The van der Waals surface area contributed by atoms with Crippen molar-refractivity contribution in [1.29, 1.82) is 0 Å². The molecule has 0 saturated carbocycles. The van der Waals surface area contributed by atoms with Gasteiger partial charge in [-0.15, -0.1) is 0 Å². The van der Waals surface area contributed by atoms with Crippen LogP contribution in [-0.4, -0.2) is 67.1 Å². The molecule has 6 aromatic heterocycles. The smallest absolute Gasteiger partial charge is 0.537 e. The molecule has 0 bridgehead atoms. The lowest BCUT2D eigenvalue weighted by molar-refractivity contribution is -0.138. The number of rotatable bonds is 15. The molecule has 44 heteroatoms. The van der Waals surface area contributed by atoms with Crippen molar-refractivity contribution < 1.29 is 110 Å². The van der Waals surface area contributed by atoms with E-state index in [1.807, 2.05) is 25.1 Å². The van der Waals surface area contributed by atoms with Crippen molar-refractivity contribution in [2.75, 3.05) is 5.73 Å². The summed E-state index contributed by atoms with van der Waals surface area (Å²) in [4.78, 5) is 37.6. The van der Waals surface area contributed by atoms with Crippen molar-refractivity contribution in [2.45, 2.75) is 59.3 Å². The third-order valence-electron chi connectivity index (χ3n) is 17.3. The molecule has 3 atom stereocenters. The fraction of sp³-hybridized carbons (Fsp3) is 0.0886. The van der Waals surface area contributed by atoms with Crippen molar-refractivity contribution in [1.82, 2.24) is 29.2 Å². The number of halogens is 15. The van der Waals surface area contributed by atoms with Crippen LogP contribution in [0.4, 0.5) is 62.9 Å². The molecule has 6 heterocycles. The van der Waals surface area contributed by atoms with E-state index in [0.29, 0.717) is 79.5 Å². The van der Waals surface area contributed by atoms with Gasteiger partial charge in [0.25, 0.3) is 16.7 Å². The number of anilines is 1. The van der Waals surface area contributed by atoms with Gasteiger partial charge in [-0.25, -0.2) is 38.8 Å². The van der Waals surface area contributed by atoms with Crippen LogP contribution in [0.5, 0.6) is 11.5 Å². The highest BCUT2D eigenvalue weighted by Gasteiger charge is 2.35. The van der Waals surface area contributed by atoms with E-state index in [-0.39, 0.29) is 80.9 Å². The van der Waals surface area contributed by atoms with E-state index < -0.39 is 122 Å². The molecule has 0 aliphatic heterocycles. The van der Waals surface area contributed by atoms with Crippen LogP contribution in [0.15, 0.2) is 271 Å². The predicted octanol–water partition coefficient (Wildman–Crippen LogP) is 17.8. The second-order valence-electron chi connectivity index (χ2n) is 25.5. The Bertz CT molecular complexity index is 6960. The van der Waals surface area contributed by atoms with Crippen LogP contribution in [0.3, 0.4) is 0 Å². The molecule has 15 aromatic rings. The Morgan fingerprint density at radius 1 is 0.431 bits per heavy atom. The topological polar surface area (TPSA) is 311 Å². The number of nitrogens with zero attached hydrogens (tertiary/aromatic N) is 6. The number of nitrogen functional groups attached to an aromatic ring is 1. The first kappa shape index (κ1) is 97.3. The van der Waals surface area contributed by atoms with Gasteiger partial charge in [0.2, 0.25) is 34.8 Å². The van der Waals surface area contributed by atoms with Crippen LogP contribution in [0.25, 0.3) is 60.9 Å². The first-order chi connectivity index (χ1) is 56.5. The van der Waals surface area contributed by atoms with Crippen molar-refractivity contribution >= 4 is 138 Å². The second kappa shape index (κ2) is 40.0. The maximum atomic E-state index is 13.9. The SMILES string of the molecule is Cc1cc(-c2cc(F)cc(C(F)(F)F)c2)ccc1-n1c(=O)ccc2cc(S(=O)(=O)Cc3ccon3)ccc21.Cc1cc(Br)ccc1-n1c(=O)ccc2cc(S(=O)(=O)Cc3ccon3)ccc21.Cc1cc(Br)ccc1-n1c(=O)ccc2cc(S(=O)(=O)Oc3c(F)c(F)c(F)c(F)c3F)ccc21.Nc1ccon1.O[B]Oc1cc(F)cc(C(F)(F)F)c1.P.P.P. The van der Waals surface area contributed by atoms with Crippen LogP contribution in [0.1, 0.15) is 39.2 Å². The minimum Gasteiger partial charge on any atom is -0.537 e. The summed E-state index contributed by atoms with van der Waals surface area (Å²) in [5.74, 6) is -16.7. The molecule has 0 saturated heterocycles. The number of aromatic nitrogens is 6. The highest BCUT2D eigenvalue weighted by atomic mass is 79.9. The summed E-state index contributed by atoms with van der Waals surface area (Å²) in [6.45, 7) is 5.36. The summed E-state index contributed by atoms with van der Waals surface area (Å²) in [7, 11) is -12.2. The number of aryl methyl sites for hydroxylation is 3. The summed E-state index contributed by atoms with van der Waals surface area (Å²) in [6, 6.07) is 44.7. The number of hydrogen-bond donors (Lipinski definition) is 2. The van der Waals surface area contributed by atoms with E-state index in [2.05, 4.69) is 60.7 Å². The Balaban J connectivity index is 0.000000205. The molecule has 1 radical (unpaired) electrons. The summed E-state index contributed by atoms with van der Waals surface area (Å²) >= 11 is 6.76. The first-order valence-electron chi connectivity index (χ1n) is 33.9. The number of hydrogen-bond acceptors (Lipinski definition) is 19. The van der Waals surface area contributed by atoms with E-state index in [1.54, 1.807) is 73.0 Å². The first-order valence-corrected chi connectivity index (χ1v) is 40.2. The lowest BCUT2D eigenvalue weighted by Crippen LogP contribution is -2.19. The van der Waals surface area contributed by atoms with E-state index >= 15 is 0 Å². The van der Waals surface area contributed by atoms with Gasteiger partial charge in [-0.05, 0) is 200 Å². The molecular formula is C79H61BBr2F13N7O15P3S3. The minimum absolute atomic E-state index is 0. The normalized spacial score (nSPS) is 11.4. The van der Waals surface area contributed by atoms with E-state index in [4.69, 9.17) is 19.8 Å². The third kappa shape index (κ3) is 23.0. The van der Waals surface area contributed by atoms with E-state index in [1.165, 1.54) is 107 Å². The van der Waals surface area contributed by atoms with Gasteiger partial charge in [0.15, 0.2) is 25.5 Å². The Labute approximate surface area is 715 Å². The highest BCUT2D eigenvalue weighted by Crippen LogP contribution is 2.38. The molecule has 9 aromatic carbocycles. The van der Waals surface area contributed by atoms with Gasteiger partial charge in [0, 0.05) is 67.6 Å². The van der Waals surface area contributed by atoms with Gasteiger partial charge in [0.05, 0.1) is 65.9 Å². The standard InChI is InChI=1S/C27H18F4N2O4S.C22H11BrF5NO4S.C20H15BrN2O4S.C7H4BF4O2.C3H4N2O.3H3P/c1-16-10-17(19-11-20(27(29,30)31)14-21(28)12-19)2-5-24(16)33-25-6-4-23(13-18(25)3-7-26(33)34)38(35,36)15-22-8-9-37-32-22;1-10-8-12(23)3-5-14(10)29-15-6-4-13(9-11(15)2-7-16(29)30)34(31,32)33-22-20(27)18(25)17(24)19(26)21(22)28;1-13-10-15(21)3-5-18(13)23-19-6-4-17(11-14(19)2-7-20(23)24)28(25,26)12-16-8-9-27-22-16;9-5-1-4(7(10,11)12)2-6(3-5)14-8-13;4-3-1-2-6-5-3;;;/h2-14H,15H2,1H3;2-9H,1H3;2-11H,12H2,1H3;1-3,13H;1-2H,(H2,4,5);3*1H3. The lowest BCUT2D eigenvalue weighted by Gasteiger charge is -2.15. The molecule has 123 heavy (non-hydrogen) atoms. The second-order valence-corrected chi connectivity index (χ2v) is 32.9. The van der Waals surface area contributed by atoms with Crippen molar-refractivity contribution in [2.24, 2.45) is 0 Å². The lowest BCUT2D eigenvalue weighted by atomic mass is 9.99. The van der Waals surface area contributed by atoms with E-state index in [0.717, 1.165) is 56.1 Å². The van der Waals surface area contributed by atoms with Gasteiger partial charge in [-0.2, -0.15) is 73.2 Å². The molecule has 0 aliphatic carbocycles. The van der Waals surface area contributed by atoms with Gasteiger partial charge in [-0.1, -0.05) is 53.4 Å². The number of nitrogens with two attached hydrogens (primary N) is 1. The highest BCUT2D eigenvalue weighted by molar-refractivity contribution is 9.10. The molecule has 0 fully saturated rings. The number of pyridine rings is 3. The Hall–Kier alpha value is -11.1. The maximum absolute atomic E-state index is 13.9.